The average Bonchev–Trinajstić information content (AvgIpc) is 3.16. The molecule has 4 heterocycles. The third-order valence-electron chi connectivity index (χ3n) is 8.41. The van der Waals surface area contributed by atoms with Crippen LogP contribution in [0.25, 0.3) is 22.3 Å². The number of nitrogen functional groups attached to an aromatic ring is 1. The molecular formula is C33H35FN8O3. The van der Waals surface area contributed by atoms with Crippen molar-refractivity contribution in [1.82, 2.24) is 29.5 Å². The molecule has 232 valence electrons. The van der Waals surface area contributed by atoms with Crippen LogP contribution in [0.3, 0.4) is 0 Å². The summed E-state index contributed by atoms with van der Waals surface area (Å²) in [5.74, 6) is 0.237. The number of hydrogen-bond donors (Lipinski definition) is 1. The average molecular weight is 611 g/mol. The summed E-state index contributed by atoms with van der Waals surface area (Å²) in [5.41, 5.74) is 6.81. The Balaban J connectivity index is 1.24. The lowest BCUT2D eigenvalue weighted by atomic mass is 9.96. The molecule has 1 atom stereocenters. The number of nitrogens with two attached hydrogens (primary N) is 1. The number of aromatic nitrogens is 4. The topological polar surface area (TPSA) is 135 Å². The molecule has 0 spiro atoms. The third-order valence-corrected chi connectivity index (χ3v) is 8.41. The molecule has 2 aromatic heterocycles. The van der Waals surface area contributed by atoms with Crippen LogP contribution < -0.4 is 10.5 Å². The summed E-state index contributed by atoms with van der Waals surface area (Å²) in [7, 11) is 0. The number of amides is 1. The fourth-order valence-electron chi connectivity index (χ4n) is 5.88. The van der Waals surface area contributed by atoms with Crippen LogP contribution in [0, 0.1) is 17.1 Å². The molecule has 6 rings (SSSR count). The molecule has 1 amide bonds. The summed E-state index contributed by atoms with van der Waals surface area (Å²) in [6.45, 7) is 7.70. The Hall–Kier alpha value is -4.86. The summed E-state index contributed by atoms with van der Waals surface area (Å²) in [6, 6.07) is 15.6. The van der Waals surface area contributed by atoms with Gasteiger partial charge in [-0.05, 0) is 57.0 Å². The van der Waals surface area contributed by atoms with Crippen LogP contribution in [0.15, 0.2) is 66.5 Å². The SMILES string of the molecule is CC(C)(/C=C(\C#N)C(=O)N1CCC1Cn1nc(-c2ccc(Oc3ccccc3)cc2F)c2c(N)ncnc21)N1CCCOCC1. The molecule has 2 N–H and O–H groups in total. The van der Waals surface area contributed by atoms with E-state index in [4.69, 9.17) is 20.3 Å². The summed E-state index contributed by atoms with van der Waals surface area (Å²) in [6.07, 6.45) is 4.71. The largest absolute Gasteiger partial charge is 0.457 e. The van der Waals surface area contributed by atoms with Gasteiger partial charge >= 0.3 is 0 Å². The highest BCUT2D eigenvalue weighted by molar-refractivity contribution is 5.99. The predicted octanol–water partition coefficient (Wildman–Crippen LogP) is 4.56. The minimum atomic E-state index is -0.541. The van der Waals surface area contributed by atoms with Crippen molar-refractivity contribution in [3.8, 4) is 28.8 Å². The molecule has 1 unspecified atom stereocenters. The molecule has 0 radical (unpaired) electrons. The molecular weight excluding hydrogens is 575 g/mol. The number of carbonyl (C=O) groups is 1. The molecule has 2 saturated heterocycles. The number of nitriles is 1. The maximum absolute atomic E-state index is 15.5. The Bertz CT molecular complexity index is 1770. The lowest BCUT2D eigenvalue weighted by Gasteiger charge is -2.41. The number of fused-ring (bicyclic) bond motifs is 1. The van der Waals surface area contributed by atoms with E-state index in [1.54, 1.807) is 39.9 Å². The maximum Gasteiger partial charge on any atom is 0.264 e. The Labute approximate surface area is 260 Å². The lowest BCUT2D eigenvalue weighted by Crippen LogP contribution is -2.54. The molecule has 2 aliphatic rings. The summed E-state index contributed by atoms with van der Waals surface area (Å²) in [4.78, 5) is 26.0. The van der Waals surface area contributed by atoms with Crippen LogP contribution in [0.5, 0.6) is 11.5 Å². The lowest BCUT2D eigenvalue weighted by molar-refractivity contribution is -0.134. The van der Waals surface area contributed by atoms with Crippen LogP contribution in [-0.2, 0) is 16.1 Å². The minimum absolute atomic E-state index is 0.104. The van der Waals surface area contributed by atoms with E-state index in [2.05, 4.69) is 20.9 Å². The molecule has 2 aromatic carbocycles. The molecule has 11 nitrogen and oxygen atoms in total. The number of ether oxygens (including phenoxy) is 2. The molecule has 45 heavy (non-hydrogen) atoms. The summed E-state index contributed by atoms with van der Waals surface area (Å²) in [5, 5.41) is 15.1. The van der Waals surface area contributed by atoms with Crippen LogP contribution in [-0.4, -0.2) is 79.9 Å². The Morgan fingerprint density at radius 3 is 2.71 bits per heavy atom. The van der Waals surface area contributed by atoms with Crippen molar-refractivity contribution in [2.24, 2.45) is 0 Å². The van der Waals surface area contributed by atoms with E-state index >= 15 is 4.39 Å². The maximum atomic E-state index is 15.5. The number of anilines is 1. The van der Waals surface area contributed by atoms with Crippen LogP contribution in [0.1, 0.15) is 26.7 Å². The normalized spacial score (nSPS) is 17.9. The first-order valence-corrected chi connectivity index (χ1v) is 15.0. The van der Waals surface area contributed by atoms with Gasteiger partial charge in [0, 0.05) is 43.4 Å². The number of halogens is 1. The van der Waals surface area contributed by atoms with Crippen molar-refractivity contribution >= 4 is 22.8 Å². The first-order valence-electron chi connectivity index (χ1n) is 15.0. The van der Waals surface area contributed by atoms with Gasteiger partial charge in [0.15, 0.2) is 5.65 Å². The van der Waals surface area contributed by atoms with E-state index in [1.807, 2.05) is 32.0 Å². The van der Waals surface area contributed by atoms with E-state index in [-0.39, 0.29) is 28.9 Å². The van der Waals surface area contributed by atoms with Crippen molar-refractivity contribution < 1.29 is 18.7 Å². The summed E-state index contributed by atoms with van der Waals surface area (Å²) >= 11 is 0. The van der Waals surface area contributed by atoms with Crippen molar-refractivity contribution in [2.45, 2.75) is 44.8 Å². The number of para-hydroxylation sites is 1. The Morgan fingerprint density at radius 1 is 1.16 bits per heavy atom. The first-order chi connectivity index (χ1) is 21.7. The Morgan fingerprint density at radius 2 is 1.98 bits per heavy atom. The van der Waals surface area contributed by atoms with E-state index in [0.717, 1.165) is 19.5 Å². The van der Waals surface area contributed by atoms with Crippen molar-refractivity contribution in [3.63, 3.8) is 0 Å². The quantitative estimate of drug-likeness (QED) is 0.225. The van der Waals surface area contributed by atoms with Gasteiger partial charge in [-0.15, -0.1) is 0 Å². The molecule has 0 saturated carbocycles. The molecule has 0 aliphatic carbocycles. The zero-order valence-corrected chi connectivity index (χ0v) is 25.3. The molecule has 0 bridgehead atoms. The van der Waals surface area contributed by atoms with Crippen LogP contribution >= 0.6 is 0 Å². The number of carbonyl (C=O) groups excluding carboxylic acids is 1. The predicted molar refractivity (Wildman–Crippen MR) is 167 cm³/mol. The van der Waals surface area contributed by atoms with Crippen LogP contribution in [0.2, 0.25) is 0 Å². The second-order valence-electron chi connectivity index (χ2n) is 11.8. The highest BCUT2D eigenvalue weighted by Crippen LogP contribution is 2.35. The van der Waals surface area contributed by atoms with E-state index in [1.165, 1.54) is 12.4 Å². The van der Waals surface area contributed by atoms with Crippen molar-refractivity contribution in [3.05, 3.63) is 72.3 Å². The summed E-state index contributed by atoms with van der Waals surface area (Å²) < 4.78 is 28.5. The smallest absolute Gasteiger partial charge is 0.264 e. The van der Waals surface area contributed by atoms with Crippen LogP contribution in [0.4, 0.5) is 10.2 Å². The molecule has 4 aromatic rings. The standard InChI is InChI=1S/C33H35FN8O3/c1-33(2,40-12-6-15-44-16-14-40)18-22(19-35)32(43)41-13-11-23(41)20-42-31-28(30(36)37-21-38-31)29(39-42)26-10-9-25(17-27(26)34)45-24-7-4-3-5-8-24/h3-5,7-10,17-18,21,23H,6,11-16,20H2,1-2H3,(H2,36,37,38)/b22-18+. The van der Waals surface area contributed by atoms with Gasteiger partial charge in [0.2, 0.25) is 0 Å². The zero-order valence-electron chi connectivity index (χ0n) is 25.3. The molecule has 12 heteroatoms. The number of hydrogen-bond acceptors (Lipinski definition) is 9. The van der Waals surface area contributed by atoms with E-state index in [0.29, 0.717) is 61.0 Å². The Kier molecular flexibility index (Phi) is 8.47. The number of likely N-dealkylation sites (tertiary alicyclic amines) is 1. The highest BCUT2D eigenvalue weighted by Gasteiger charge is 2.36. The first kappa shape index (κ1) is 30.2. The van der Waals surface area contributed by atoms with Crippen molar-refractivity contribution in [2.75, 3.05) is 38.6 Å². The number of nitrogens with zero attached hydrogens (tertiary/aromatic N) is 7. The van der Waals surface area contributed by atoms with Gasteiger partial charge in [-0.25, -0.2) is 19.0 Å². The monoisotopic (exact) mass is 610 g/mol. The van der Waals surface area contributed by atoms with Gasteiger partial charge in [0.05, 0.1) is 24.6 Å². The van der Waals surface area contributed by atoms with Gasteiger partial charge in [-0.3, -0.25) is 9.69 Å². The van der Waals surface area contributed by atoms with Gasteiger partial charge in [0.1, 0.15) is 46.8 Å². The highest BCUT2D eigenvalue weighted by atomic mass is 19.1. The number of rotatable bonds is 8. The molecule has 2 aliphatic heterocycles. The van der Waals surface area contributed by atoms with E-state index in [9.17, 15) is 10.1 Å². The minimum Gasteiger partial charge on any atom is -0.457 e. The second-order valence-corrected chi connectivity index (χ2v) is 11.8. The molecule has 2 fully saturated rings. The van der Waals surface area contributed by atoms with Gasteiger partial charge < -0.3 is 20.1 Å². The van der Waals surface area contributed by atoms with E-state index < -0.39 is 11.4 Å². The number of benzene rings is 2. The van der Waals surface area contributed by atoms with Gasteiger partial charge in [-0.1, -0.05) is 18.2 Å². The third kappa shape index (κ3) is 6.22. The zero-order chi connectivity index (χ0) is 31.6. The fourth-order valence-corrected chi connectivity index (χ4v) is 5.88. The second kappa shape index (κ2) is 12.6. The van der Waals surface area contributed by atoms with Crippen molar-refractivity contribution in [1.29, 1.82) is 5.26 Å². The van der Waals surface area contributed by atoms with Gasteiger partial charge in [0.25, 0.3) is 5.91 Å². The fraction of sp³-hybridized carbons (Fsp3) is 0.364. The van der Waals surface area contributed by atoms with Gasteiger partial charge in [-0.2, -0.15) is 10.4 Å².